The van der Waals surface area contributed by atoms with E-state index in [1.54, 1.807) is 0 Å². The molecule has 1 aromatic heterocycles. The van der Waals surface area contributed by atoms with Gasteiger partial charge in [0.25, 0.3) is 5.91 Å². The van der Waals surface area contributed by atoms with E-state index in [0.29, 0.717) is 10.7 Å². The third-order valence-electron chi connectivity index (χ3n) is 9.91. The number of ether oxygens (including phenoxy) is 1. The van der Waals surface area contributed by atoms with Crippen LogP contribution < -0.4 is 5.32 Å². The maximum Gasteiger partial charge on any atom is 0.257 e. The second kappa shape index (κ2) is 16.5. The van der Waals surface area contributed by atoms with Crippen molar-refractivity contribution in [2.24, 2.45) is 5.92 Å². The van der Waals surface area contributed by atoms with Crippen LogP contribution in [0.4, 0.5) is 5.13 Å². The van der Waals surface area contributed by atoms with Gasteiger partial charge in [-0.25, -0.2) is 4.98 Å². The number of carbonyl (C=O) groups is 1. The van der Waals surface area contributed by atoms with Crippen LogP contribution in [0.1, 0.15) is 51.7 Å². The molecule has 6 nitrogen and oxygen atoms in total. The zero-order valence-electron chi connectivity index (χ0n) is 29.8. The minimum absolute atomic E-state index is 0.155. The first kappa shape index (κ1) is 35.3. The van der Waals surface area contributed by atoms with E-state index in [2.05, 4.69) is 138 Å². The van der Waals surface area contributed by atoms with Crippen LogP contribution in [-0.4, -0.2) is 60.5 Å². The molecule has 7 rings (SSSR count). The summed E-state index contributed by atoms with van der Waals surface area (Å²) in [4.78, 5) is 22.7. The average Bonchev–Trinajstić information content (AvgIpc) is 3.66. The summed E-state index contributed by atoms with van der Waals surface area (Å²) in [7, 11) is 2.17. The quantitative estimate of drug-likeness (QED) is 0.117. The van der Waals surface area contributed by atoms with Crippen molar-refractivity contribution < 1.29 is 9.53 Å². The Labute approximate surface area is 311 Å². The largest absolute Gasteiger partial charge is 0.348 e. The van der Waals surface area contributed by atoms with Crippen molar-refractivity contribution in [2.75, 3.05) is 45.2 Å². The Balaban J connectivity index is 1.03. The van der Waals surface area contributed by atoms with Gasteiger partial charge in [0.2, 0.25) is 0 Å². The van der Waals surface area contributed by atoms with Gasteiger partial charge in [0.15, 0.2) is 5.13 Å². The topological polar surface area (TPSA) is 57.7 Å². The van der Waals surface area contributed by atoms with Crippen LogP contribution in [0.15, 0.2) is 138 Å². The number of benzene rings is 4. The molecular weight excluding hydrogens is 661 g/mol. The van der Waals surface area contributed by atoms with Gasteiger partial charge < -0.3 is 9.64 Å². The second-order valence-corrected chi connectivity index (χ2v) is 14.4. The van der Waals surface area contributed by atoms with E-state index in [1.807, 2.05) is 35.7 Å². The van der Waals surface area contributed by atoms with Gasteiger partial charge >= 0.3 is 0 Å². The summed E-state index contributed by atoms with van der Waals surface area (Å²) in [6, 6.07) is 39.0. The first-order valence-corrected chi connectivity index (χ1v) is 18.8. The standard InChI is InChI=1S/C45H44N4O2S/c1-34-20-23-38(42-33-52-44(46-42)47-43(50)36-24-21-35(22-25-36)32-49-28-26-48(2)27-29-49)31-37(34)13-12-30-51-45(39-14-6-3-7-15-39,40-16-8-4-9-17-40)41-18-10-5-11-19-41/h3-11,14-19,21-25,31,33-34H,20,26-30,32H2,1-2H3,(H,46,47,50). The number of nitrogens with one attached hydrogen (secondary N) is 1. The molecule has 1 unspecified atom stereocenters. The van der Waals surface area contributed by atoms with Crippen molar-refractivity contribution in [3.05, 3.63) is 172 Å². The van der Waals surface area contributed by atoms with Gasteiger partial charge in [-0.05, 0) is 65.4 Å². The molecule has 1 N–H and O–H groups in total. The highest BCUT2D eigenvalue weighted by Crippen LogP contribution is 2.40. The monoisotopic (exact) mass is 704 g/mol. The van der Waals surface area contributed by atoms with E-state index in [4.69, 9.17) is 9.72 Å². The number of rotatable bonds is 10. The van der Waals surface area contributed by atoms with Gasteiger partial charge in [-0.3, -0.25) is 15.0 Å². The molecule has 1 aliphatic heterocycles. The van der Waals surface area contributed by atoms with Gasteiger partial charge in [0.05, 0.1) is 5.69 Å². The van der Waals surface area contributed by atoms with Gasteiger partial charge in [0.1, 0.15) is 12.2 Å². The average molecular weight is 705 g/mol. The van der Waals surface area contributed by atoms with Crippen molar-refractivity contribution in [2.45, 2.75) is 25.5 Å². The zero-order valence-corrected chi connectivity index (χ0v) is 30.6. The lowest BCUT2D eigenvalue weighted by Gasteiger charge is -2.35. The normalized spacial score (nSPS) is 16.7. The summed E-state index contributed by atoms with van der Waals surface area (Å²) in [5, 5.41) is 5.57. The molecule has 2 heterocycles. The fourth-order valence-corrected chi connectivity index (χ4v) is 7.56. The van der Waals surface area contributed by atoms with E-state index in [0.717, 1.165) is 72.7 Å². The fourth-order valence-electron chi connectivity index (χ4n) is 6.85. The van der Waals surface area contributed by atoms with Crippen LogP contribution in [0.25, 0.3) is 5.57 Å². The molecule has 1 saturated heterocycles. The van der Waals surface area contributed by atoms with Crippen LogP contribution in [-0.2, 0) is 16.9 Å². The number of nitrogens with zero attached hydrogens (tertiary/aromatic N) is 3. The van der Waals surface area contributed by atoms with Gasteiger partial charge in [-0.15, -0.1) is 11.3 Å². The first-order chi connectivity index (χ1) is 25.5. The van der Waals surface area contributed by atoms with Gasteiger partial charge in [0, 0.05) is 49.2 Å². The summed E-state index contributed by atoms with van der Waals surface area (Å²) >= 11 is 1.43. The Bertz CT molecular complexity index is 1970. The lowest BCUT2D eigenvalue weighted by atomic mass is 9.80. The number of thiazole rings is 1. The Morgan fingerprint density at radius 3 is 2.06 bits per heavy atom. The third kappa shape index (κ3) is 8.17. The molecule has 262 valence electrons. The molecular formula is C45H44N4O2S. The summed E-state index contributed by atoms with van der Waals surface area (Å²) in [6.07, 6.45) is 5.19. The van der Waals surface area contributed by atoms with Crippen LogP contribution in [0.3, 0.4) is 0 Å². The Hall–Kier alpha value is -5.10. The van der Waals surface area contributed by atoms with Gasteiger partial charge in [-0.1, -0.05) is 128 Å². The van der Waals surface area contributed by atoms with E-state index < -0.39 is 5.60 Å². The van der Waals surface area contributed by atoms with Crippen LogP contribution in [0, 0.1) is 17.8 Å². The molecule has 4 aromatic carbocycles. The van der Waals surface area contributed by atoms with Crippen LogP contribution in [0.5, 0.6) is 0 Å². The van der Waals surface area contributed by atoms with E-state index in [-0.39, 0.29) is 18.4 Å². The Morgan fingerprint density at radius 1 is 0.865 bits per heavy atom. The van der Waals surface area contributed by atoms with E-state index in [1.165, 1.54) is 16.9 Å². The Kier molecular flexibility index (Phi) is 11.2. The molecule has 0 radical (unpaired) electrons. The number of allylic oxidation sites excluding steroid dienone is 4. The summed E-state index contributed by atoms with van der Waals surface area (Å²) < 4.78 is 6.88. The smallest absolute Gasteiger partial charge is 0.257 e. The number of anilines is 1. The zero-order chi connectivity index (χ0) is 35.8. The number of piperazine rings is 1. The van der Waals surface area contributed by atoms with Crippen LogP contribution in [0.2, 0.25) is 0 Å². The number of carbonyl (C=O) groups excluding carboxylic acids is 1. The van der Waals surface area contributed by atoms with Crippen molar-refractivity contribution in [3.63, 3.8) is 0 Å². The number of amides is 1. The van der Waals surface area contributed by atoms with E-state index in [9.17, 15) is 4.79 Å². The SMILES string of the molecule is CC1CC=C(c2csc(NC(=O)c3ccc(CN4CCN(C)CC4)cc3)n2)C=C1C#CCOC(c1ccccc1)(c1ccccc1)c1ccccc1. The maximum atomic E-state index is 13.1. The molecule has 1 atom stereocenters. The van der Waals surface area contributed by atoms with Crippen molar-refractivity contribution >= 4 is 27.9 Å². The molecule has 1 amide bonds. The molecule has 0 bridgehead atoms. The summed E-state index contributed by atoms with van der Waals surface area (Å²) in [5.74, 6) is 6.91. The molecule has 5 aromatic rings. The number of likely N-dealkylation sites (N-methyl/N-ethyl adjacent to an activating group) is 1. The third-order valence-corrected chi connectivity index (χ3v) is 10.7. The molecule has 0 spiro atoms. The van der Waals surface area contributed by atoms with Crippen molar-refractivity contribution in [1.82, 2.24) is 14.8 Å². The molecule has 0 saturated carbocycles. The predicted octanol–water partition coefficient (Wildman–Crippen LogP) is 8.50. The lowest BCUT2D eigenvalue weighted by molar-refractivity contribution is 0.0353. The number of hydrogen-bond acceptors (Lipinski definition) is 6. The Morgan fingerprint density at radius 2 is 1.46 bits per heavy atom. The minimum atomic E-state index is -0.815. The van der Waals surface area contributed by atoms with Gasteiger partial charge in [-0.2, -0.15) is 0 Å². The highest BCUT2D eigenvalue weighted by atomic mass is 32.1. The second-order valence-electron chi connectivity index (χ2n) is 13.5. The molecule has 7 heteroatoms. The number of aromatic nitrogens is 1. The van der Waals surface area contributed by atoms with Crippen molar-refractivity contribution in [3.8, 4) is 11.8 Å². The first-order valence-electron chi connectivity index (χ1n) is 18.0. The molecule has 52 heavy (non-hydrogen) atoms. The lowest BCUT2D eigenvalue weighted by Crippen LogP contribution is -2.43. The van der Waals surface area contributed by atoms with Crippen LogP contribution >= 0.6 is 11.3 Å². The fraction of sp³-hybridized carbons (Fsp3) is 0.244. The highest BCUT2D eigenvalue weighted by molar-refractivity contribution is 7.14. The van der Waals surface area contributed by atoms with Crippen molar-refractivity contribution in [1.29, 1.82) is 0 Å². The summed E-state index contributed by atoms with van der Waals surface area (Å²) in [5.41, 5.74) is 7.07. The summed E-state index contributed by atoms with van der Waals surface area (Å²) in [6.45, 7) is 7.65. The predicted molar refractivity (Wildman–Crippen MR) is 212 cm³/mol. The minimum Gasteiger partial charge on any atom is -0.348 e. The van der Waals surface area contributed by atoms with E-state index >= 15 is 0 Å². The number of hydrogen-bond donors (Lipinski definition) is 1. The molecule has 1 aliphatic carbocycles. The highest BCUT2D eigenvalue weighted by Gasteiger charge is 2.37. The molecule has 2 aliphatic rings. The molecule has 1 fully saturated rings. The maximum absolute atomic E-state index is 13.1.